The number of fused-ring (bicyclic) bond motifs is 2. The van der Waals surface area contributed by atoms with Gasteiger partial charge >= 0.3 is 0 Å². The van der Waals surface area contributed by atoms with Crippen LogP contribution in [-0.4, -0.2) is 46.7 Å². The van der Waals surface area contributed by atoms with Crippen LogP contribution in [0.25, 0.3) is 0 Å². The SMILES string of the molecule is Cc1ccc([C@H]2N[C@]3(CCCN(Cc4ccccc4)C3=O)[C@H]3C(=O)N(C)C(=O)[C@@H]23)cc1. The summed E-state index contributed by atoms with van der Waals surface area (Å²) in [6, 6.07) is 17.5. The highest BCUT2D eigenvalue weighted by Gasteiger charge is 2.68. The number of amides is 3. The molecule has 6 heteroatoms. The first-order chi connectivity index (χ1) is 14.9. The van der Waals surface area contributed by atoms with Gasteiger partial charge in [-0.2, -0.15) is 0 Å². The van der Waals surface area contributed by atoms with Crippen LogP contribution < -0.4 is 5.32 Å². The predicted molar refractivity (Wildman–Crippen MR) is 116 cm³/mol. The number of nitrogens with zero attached hydrogens (tertiary/aromatic N) is 2. The second-order valence-electron chi connectivity index (χ2n) is 9.06. The van der Waals surface area contributed by atoms with Gasteiger partial charge in [0.2, 0.25) is 17.7 Å². The van der Waals surface area contributed by atoms with E-state index in [9.17, 15) is 14.4 Å². The Balaban J connectivity index is 1.54. The third kappa shape index (κ3) is 3.00. The number of hydrogen-bond acceptors (Lipinski definition) is 4. The highest BCUT2D eigenvalue weighted by atomic mass is 16.2. The van der Waals surface area contributed by atoms with Gasteiger partial charge in [-0.3, -0.25) is 24.6 Å². The fraction of sp³-hybridized carbons (Fsp3) is 0.400. The van der Waals surface area contributed by atoms with Gasteiger partial charge in [-0.25, -0.2) is 0 Å². The van der Waals surface area contributed by atoms with Crippen LogP contribution in [0.15, 0.2) is 54.6 Å². The zero-order valence-corrected chi connectivity index (χ0v) is 17.9. The summed E-state index contributed by atoms with van der Waals surface area (Å²) in [6.07, 6.45) is 1.36. The average Bonchev–Trinajstić information content (AvgIpc) is 3.23. The Morgan fingerprint density at radius 2 is 1.71 bits per heavy atom. The van der Waals surface area contributed by atoms with Crippen molar-refractivity contribution in [1.29, 1.82) is 0 Å². The molecule has 0 radical (unpaired) electrons. The molecule has 3 fully saturated rings. The van der Waals surface area contributed by atoms with Crippen molar-refractivity contribution < 1.29 is 14.4 Å². The number of aryl methyl sites for hydroxylation is 1. The smallest absolute Gasteiger partial charge is 0.244 e. The Labute approximate surface area is 182 Å². The summed E-state index contributed by atoms with van der Waals surface area (Å²) in [6.45, 7) is 3.18. The Morgan fingerprint density at radius 1 is 1.00 bits per heavy atom. The van der Waals surface area contributed by atoms with Crippen molar-refractivity contribution in [3.63, 3.8) is 0 Å². The van der Waals surface area contributed by atoms with Crippen LogP contribution in [0.5, 0.6) is 0 Å². The number of imide groups is 1. The summed E-state index contributed by atoms with van der Waals surface area (Å²) in [7, 11) is 1.54. The molecule has 3 heterocycles. The Hall–Kier alpha value is -2.99. The molecule has 1 N–H and O–H groups in total. The second kappa shape index (κ2) is 7.31. The zero-order valence-electron chi connectivity index (χ0n) is 17.9. The molecule has 3 aliphatic rings. The highest BCUT2D eigenvalue weighted by Crippen LogP contribution is 2.51. The number of carbonyl (C=O) groups excluding carboxylic acids is 3. The van der Waals surface area contributed by atoms with Gasteiger partial charge in [0, 0.05) is 26.2 Å². The molecule has 31 heavy (non-hydrogen) atoms. The van der Waals surface area contributed by atoms with Gasteiger partial charge in [0.25, 0.3) is 0 Å². The van der Waals surface area contributed by atoms with Crippen LogP contribution in [0.1, 0.15) is 35.6 Å². The van der Waals surface area contributed by atoms with Gasteiger partial charge in [0.05, 0.1) is 11.8 Å². The van der Waals surface area contributed by atoms with E-state index < -0.39 is 17.4 Å². The molecule has 3 aliphatic heterocycles. The number of nitrogens with one attached hydrogen (secondary N) is 1. The molecule has 1 spiro atoms. The van der Waals surface area contributed by atoms with Gasteiger partial charge in [0.1, 0.15) is 5.54 Å². The van der Waals surface area contributed by atoms with Gasteiger partial charge in [-0.15, -0.1) is 0 Å². The minimum atomic E-state index is -1.04. The first-order valence-electron chi connectivity index (χ1n) is 10.9. The van der Waals surface area contributed by atoms with Crippen molar-refractivity contribution in [2.75, 3.05) is 13.6 Å². The first kappa shape index (κ1) is 19.9. The number of benzene rings is 2. The summed E-state index contributed by atoms with van der Waals surface area (Å²) >= 11 is 0. The number of carbonyl (C=O) groups is 3. The molecule has 5 rings (SSSR count). The van der Waals surface area contributed by atoms with Crippen molar-refractivity contribution in [3.8, 4) is 0 Å². The number of piperidine rings is 1. The maximum absolute atomic E-state index is 13.9. The maximum Gasteiger partial charge on any atom is 0.244 e. The first-order valence-corrected chi connectivity index (χ1v) is 10.9. The standard InChI is InChI=1S/C25H27N3O3/c1-16-9-11-18(12-10-16)21-19-20(23(30)27(2)22(19)29)25(26-21)13-6-14-28(24(25)31)15-17-7-4-3-5-8-17/h3-5,7-12,19-21,26H,6,13-15H2,1-2H3/t19-,20-,21-,25-/m1/s1. The van der Waals surface area contributed by atoms with Crippen LogP contribution in [-0.2, 0) is 20.9 Å². The zero-order chi connectivity index (χ0) is 21.8. The third-order valence-electron chi connectivity index (χ3n) is 7.20. The molecule has 0 saturated carbocycles. The van der Waals surface area contributed by atoms with E-state index in [0.717, 1.165) is 23.1 Å². The van der Waals surface area contributed by atoms with Crippen LogP contribution in [0.2, 0.25) is 0 Å². The Kier molecular flexibility index (Phi) is 4.70. The summed E-state index contributed by atoms with van der Waals surface area (Å²) in [5.74, 6) is -1.73. The third-order valence-corrected chi connectivity index (χ3v) is 7.20. The fourth-order valence-corrected chi connectivity index (χ4v) is 5.63. The van der Waals surface area contributed by atoms with E-state index in [1.165, 1.54) is 11.9 Å². The number of rotatable bonds is 3. The number of hydrogen-bond donors (Lipinski definition) is 1. The molecule has 0 unspecified atom stereocenters. The molecule has 0 bridgehead atoms. The van der Waals surface area contributed by atoms with E-state index in [2.05, 4.69) is 5.32 Å². The van der Waals surface area contributed by atoms with Gasteiger partial charge in [0.15, 0.2) is 0 Å². The quantitative estimate of drug-likeness (QED) is 0.779. The van der Waals surface area contributed by atoms with Crippen molar-refractivity contribution in [2.24, 2.45) is 11.8 Å². The van der Waals surface area contributed by atoms with E-state index in [1.54, 1.807) is 0 Å². The van der Waals surface area contributed by atoms with Crippen LogP contribution >= 0.6 is 0 Å². The van der Waals surface area contributed by atoms with Crippen LogP contribution in [0.4, 0.5) is 0 Å². The van der Waals surface area contributed by atoms with E-state index in [4.69, 9.17) is 0 Å². The lowest BCUT2D eigenvalue weighted by Crippen LogP contribution is -2.63. The summed E-state index contributed by atoms with van der Waals surface area (Å²) in [4.78, 5) is 43.2. The van der Waals surface area contributed by atoms with E-state index in [-0.39, 0.29) is 23.8 Å². The summed E-state index contributed by atoms with van der Waals surface area (Å²) in [5, 5.41) is 3.53. The average molecular weight is 418 g/mol. The Morgan fingerprint density at radius 3 is 2.42 bits per heavy atom. The Bertz CT molecular complexity index is 1040. The van der Waals surface area contributed by atoms with Crippen LogP contribution in [0.3, 0.4) is 0 Å². The molecule has 2 aromatic carbocycles. The topological polar surface area (TPSA) is 69.7 Å². The van der Waals surface area contributed by atoms with E-state index in [0.29, 0.717) is 19.5 Å². The van der Waals surface area contributed by atoms with Crippen molar-refractivity contribution in [1.82, 2.24) is 15.1 Å². The maximum atomic E-state index is 13.9. The highest BCUT2D eigenvalue weighted by molar-refractivity contribution is 6.10. The molecule has 3 saturated heterocycles. The summed E-state index contributed by atoms with van der Waals surface area (Å²) in [5.41, 5.74) is 2.09. The molecular formula is C25H27N3O3. The van der Waals surface area contributed by atoms with Crippen molar-refractivity contribution in [2.45, 2.75) is 37.9 Å². The molecule has 6 nitrogen and oxygen atoms in total. The fourth-order valence-electron chi connectivity index (χ4n) is 5.63. The lowest BCUT2D eigenvalue weighted by atomic mass is 9.74. The van der Waals surface area contributed by atoms with Gasteiger partial charge in [-0.1, -0.05) is 60.2 Å². The van der Waals surface area contributed by atoms with Crippen LogP contribution in [0, 0.1) is 18.8 Å². The normalized spacial score (nSPS) is 30.4. The minimum Gasteiger partial charge on any atom is -0.337 e. The molecular weight excluding hydrogens is 390 g/mol. The largest absolute Gasteiger partial charge is 0.337 e. The van der Waals surface area contributed by atoms with E-state index >= 15 is 0 Å². The summed E-state index contributed by atoms with van der Waals surface area (Å²) < 4.78 is 0. The number of likely N-dealkylation sites (tertiary alicyclic amines) is 2. The lowest BCUT2D eigenvalue weighted by Gasteiger charge is -2.42. The lowest BCUT2D eigenvalue weighted by molar-refractivity contribution is -0.149. The van der Waals surface area contributed by atoms with Gasteiger partial charge < -0.3 is 4.90 Å². The molecule has 0 aliphatic carbocycles. The molecule has 2 aromatic rings. The monoisotopic (exact) mass is 417 g/mol. The predicted octanol–water partition coefficient (Wildman–Crippen LogP) is 2.43. The second-order valence-corrected chi connectivity index (χ2v) is 9.06. The molecule has 0 aromatic heterocycles. The molecule has 4 atom stereocenters. The van der Waals surface area contributed by atoms with E-state index in [1.807, 2.05) is 66.4 Å². The van der Waals surface area contributed by atoms with Crippen molar-refractivity contribution in [3.05, 3.63) is 71.3 Å². The van der Waals surface area contributed by atoms with Crippen molar-refractivity contribution >= 4 is 17.7 Å². The minimum absolute atomic E-state index is 0.0661. The molecule has 160 valence electrons. The molecule has 3 amide bonds. The van der Waals surface area contributed by atoms with Gasteiger partial charge in [-0.05, 0) is 30.9 Å².